The van der Waals surface area contributed by atoms with Gasteiger partial charge in [-0.2, -0.15) is 0 Å². The fraction of sp³-hybridized carbons (Fsp3) is 0.409. The highest BCUT2D eigenvalue weighted by Gasteiger charge is 2.18. The maximum atomic E-state index is 12.5. The minimum absolute atomic E-state index is 0.142. The Bertz CT molecular complexity index is 757. The van der Waals surface area contributed by atoms with Gasteiger partial charge in [0.1, 0.15) is 0 Å². The molecule has 0 bridgehead atoms. The number of ether oxygens (including phenoxy) is 2. The molecule has 5 heteroatoms. The van der Waals surface area contributed by atoms with Gasteiger partial charge in [-0.25, -0.2) is 0 Å². The van der Waals surface area contributed by atoms with Crippen molar-refractivity contribution in [3.05, 3.63) is 59.7 Å². The fourth-order valence-electron chi connectivity index (χ4n) is 3.35. The average Bonchev–Trinajstić information content (AvgIpc) is 3.20. The zero-order valence-corrected chi connectivity index (χ0v) is 16.1. The van der Waals surface area contributed by atoms with Gasteiger partial charge in [0, 0.05) is 13.1 Å². The first kappa shape index (κ1) is 19.2. The van der Waals surface area contributed by atoms with E-state index in [1.807, 2.05) is 24.3 Å². The summed E-state index contributed by atoms with van der Waals surface area (Å²) in [7, 11) is 1.59. The van der Waals surface area contributed by atoms with Gasteiger partial charge in [0.05, 0.1) is 7.11 Å². The summed E-state index contributed by atoms with van der Waals surface area (Å²) in [5, 5.41) is 3.00. The van der Waals surface area contributed by atoms with Crippen LogP contribution < -0.4 is 14.8 Å². The van der Waals surface area contributed by atoms with Crippen LogP contribution in [0.1, 0.15) is 30.9 Å². The molecule has 27 heavy (non-hydrogen) atoms. The van der Waals surface area contributed by atoms with Crippen LogP contribution in [0.5, 0.6) is 11.5 Å². The van der Waals surface area contributed by atoms with Gasteiger partial charge in [-0.3, -0.25) is 9.69 Å². The van der Waals surface area contributed by atoms with Crippen LogP contribution in [0.3, 0.4) is 0 Å². The predicted octanol–water partition coefficient (Wildman–Crippen LogP) is 3.37. The van der Waals surface area contributed by atoms with Crippen molar-refractivity contribution in [2.45, 2.75) is 39.0 Å². The molecule has 1 atom stereocenters. The molecule has 0 saturated carbocycles. The van der Waals surface area contributed by atoms with Crippen molar-refractivity contribution < 1.29 is 14.3 Å². The number of amides is 1. The quantitative estimate of drug-likeness (QED) is 0.776. The third-order valence-electron chi connectivity index (χ3n) is 4.91. The number of para-hydroxylation sites is 2. The Morgan fingerprint density at radius 3 is 2.37 bits per heavy atom. The lowest BCUT2D eigenvalue weighted by Gasteiger charge is -2.19. The summed E-state index contributed by atoms with van der Waals surface area (Å²) in [6, 6.07) is 15.6. The molecular formula is C22H28N2O3. The smallest absolute Gasteiger partial charge is 0.261 e. The Morgan fingerprint density at radius 2 is 1.67 bits per heavy atom. The molecule has 0 aromatic heterocycles. The Balaban J connectivity index is 1.57. The van der Waals surface area contributed by atoms with Crippen molar-refractivity contribution in [1.82, 2.24) is 10.2 Å². The molecule has 0 unspecified atom stereocenters. The SMILES string of the molecule is COc1ccccc1O[C@@H](C)C(=O)NCc1ccccc1CN1CCCC1. The van der Waals surface area contributed by atoms with Crippen molar-refractivity contribution in [3.8, 4) is 11.5 Å². The Kier molecular flexibility index (Phi) is 6.71. The summed E-state index contributed by atoms with van der Waals surface area (Å²) >= 11 is 0. The van der Waals surface area contributed by atoms with Gasteiger partial charge >= 0.3 is 0 Å². The largest absolute Gasteiger partial charge is 0.493 e. The predicted molar refractivity (Wildman–Crippen MR) is 106 cm³/mol. The summed E-state index contributed by atoms with van der Waals surface area (Å²) < 4.78 is 11.1. The molecule has 1 fully saturated rings. The van der Waals surface area contributed by atoms with E-state index in [0.717, 1.165) is 25.2 Å². The van der Waals surface area contributed by atoms with Crippen molar-refractivity contribution in [2.75, 3.05) is 20.2 Å². The van der Waals surface area contributed by atoms with E-state index in [4.69, 9.17) is 9.47 Å². The minimum atomic E-state index is -0.605. The lowest BCUT2D eigenvalue weighted by molar-refractivity contribution is -0.127. The van der Waals surface area contributed by atoms with E-state index in [-0.39, 0.29) is 5.91 Å². The third kappa shape index (κ3) is 5.23. The summed E-state index contributed by atoms with van der Waals surface area (Å²) in [4.78, 5) is 15.0. The van der Waals surface area contributed by atoms with Crippen LogP contribution in [-0.4, -0.2) is 37.1 Å². The molecule has 1 aliphatic heterocycles. The molecule has 1 aliphatic rings. The zero-order valence-electron chi connectivity index (χ0n) is 16.1. The summed E-state index contributed by atoms with van der Waals surface area (Å²) in [6.07, 6.45) is 1.94. The van der Waals surface area contributed by atoms with Crippen LogP contribution >= 0.6 is 0 Å². The molecule has 5 nitrogen and oxygen atoms in total. The van der Waals surface area contributed by atoms with E-state index >= 15 is 0 Å². The van der Waals surface area contributed by atoms with E-state index < -0.39 is 6.10 Å². The molecule has 1 saturated heterocycles. The van der Waals surface area contributed by atoms with Gasteiger partial charge in [-0.1, -0.05) is 36.4 Å². The van der Waals surface area contributed by atoms with Gasteiger partial charge in [0.15, 0.2) is 17.6 Å². The van der Waals surface area contributed by atoms with Gasteiger partial charge in [0.25, 0.3) is 5.91 Å². The maximum Gasteiger partial charge on any atom is 0.261 e. The Labute approximate surface area is 161 Å². The van der Waals surface area contributed by atoms with E-state index in [1.165, 1.54) is 18.4 Å². The summed E-state index contributed by atoms with van der Waals surface area (Å²) in [5.74, 6) is 1.04. The molecule has 1 N–H and O–H groups in total. The molecule has 2 aromatic rings. The topological polar surface area (TPSA) is 50.8 Å². The highest BCUT2D eigenvalue weighted by Crippen LogP contribution is 2.26. The number of hydrogen-bond acceptors (Lipinski definition) is 4. The first-order chi connectivity index (χ1) is 13.2. The summed E-state index contributed by atoms with van der Waals surface area (Å²) in [5.41, 5.74) is 2.43. The van der Waals surface area contributed by atoms with E-state index in [9.17, 15) is 4.79 Å². The Hall–Kier alpha value is -2.53. The van der Waals surface area contributed by atoms with Gasteiger partial charge in [0.2, 0.25) is 0 Å². The molecule has 1 amide bonds. The third-order valence-corrected chi connectivity index (χ3v) is 4.91. The first-order valence-electron chi connectivity index (χ1n) is 9.54. The van der Waals surface area contributed by atoms with Crippen molar-refractivity contribution >= 4 is 5.91 Å². The number of nitrogens with one attached hydrogen (secondary N) is 1. The highest BCUT2D eigenvalue weighted by atomic mass is 16.5. The van der Waals surface area contributed by atoms with Crippen LogP contribution in [0.15, 0.2) is 48.5 Å². The van der Waals surface area contributed by atoms with Crippen LogP contribution in [0.2, 0.25) is 0 Å². The molecule has 0 radical (unpaired) electrons. The number of likely N-dealkylation sites (tertiary alicyclic amines) is 1. The highest BCUT2D eigenvalue weighted by molar-refractivity contribution is 5.80. The fourth-order valence-corrected chi connectivity index (χ4v) is 3.35. The Morgan fingerprint density at radius 1 is 1.04 bits per heavy atom. The van der Waals surface area contributed by atoms with Crippen LogP contribution in [0, 0.1) is 0 Å². The zero-order chi connectivity index (χ0) is 19.1. The minimum Gasteiger partial charge on any atom is -0.493 e. The lowest BCUT2D eigenvalue weighted by Crippen LogP contribution is -2.36. The van der Waals surface area contributed by atoms with Crippen LogP contribution in [-0.2, 0) is 17.9 Å². The normalized spacial score (nSPS) is 15.3. The van der Waals surface area contributed by atoms with Gasteiger partial charge in [-0.15, -0.1) is 0 Å². The molecule has 3 rings (SSSR count). The number of methoxy groups -OCH3 is 1. The van der Waals surface area contributed by atoms with Crippen molar-refractivity contribution in [1.29, 1.82) is 0 Å². The second-order valence-electron chi connectivity index (χ2n) is 6.88. The second kappa shape index (κ2) is 9.42. The molecule has 0 aliphatic carbocycles. The molecule has 1 heterocycles. The van der Waals surface area contributed by atoms with E-state index in [2.05, 4.69) is 28.4 Å². The van der Waals surface area contributed by atoms with Crippen molar-refractivity contribution in [2.24, 2.45) is 0 Å². The van der Waals surface area contributed by atoms with E-state index in [0.29, 0.717) is 18.0 Å². The monoisotopic (exact) mass is 368 g/mol. The van der Waals surface area contributed by atoms with Crippen molar-refractivity contribution in [3.63, 3.8) is 0 Å². The van der Waals surface area contributed by atoms with Gasteiger partial charge < -0.3 is 14.8 Å². The average molecular weight is 368 g/mol. The van der Waals surface area contributed by atoms with E-state index in [1.54, 1.807) is 20.1 Å². The molecule has 0 spiro atoms. The van der Waals surface area contributed by atoms with Crippen LogP contribution in [0.4, 0.5) is 0 Å². The number of rotatable bonds is 8. The lowest BCUT2D eigenvalue weighted by atomic mass is 10.1. The molecular weight excluding hydrogens is 340 g/mol. The van der Waals surface area contributed by atoms with Crippen LogP contribution in [0.25, 0.3) is 0 Å². The second-order valence-corrected chi connectivity index (χ2v) is 6.88. The number of hydrogen-bond donors (Lipinski definition) is 1. The number of nitrogens with zero attached hydrogens (tertiary/aromatic N) is 1. The summed E-state index contributed by atoms with van der Waals surface area (Å²) in [6.45, 7) is 5.51. The standard InChI is InChI=1S/C22H28N2O3/c1-17(27-21-12-6-5-11-20(21)26-2)22(25)23-15-18-9-3-4-10-19(18)16-24-13-7-8-14-24/h3-6,9-12,17H,7-8,13-16H2,1-2H3,(H,23,25)/t17-/m0/s1. The van der Waals surface area contributed by atoms with Gasteiger partial charge in [-0.05, 0) is 56.1 Å². The molecule has 144 valence electrons. The number of carbonyl (C=O) groups excluding carboxylic acids is 1. The first-order valence-corrected chi connectivity index (χ1v) is 9.54. The number of carbonyl (C=O) groups is 1. The molecule has 2 aromatic carbocycles. The maximum absolute atomic E-state index is 12.5. The number of benzene rings is 2.